The van der Waals surface area contributed by atoms with E-state index in [-0.39, 0.29) is 22.1 Å². The molecule has 4 N–H and O–H groups in total. The molecule has 5 nitrogen and oxygen atoms in total. The molecule has 2 aromatic rings. The highest BCUT2D eigenvalue weighted by Gasteiger charge is 2.33. The standard InChI is InChI=1S/C16H14F3N3O2S/c1-9-6-7-13(23)10(8-9)14(24)21-22-15(25)20-12-5-3-2-4-11(12)16(17,18)19/h2-8,23H,1H3,(H,21,24)(H2,20,22,25). The number of amides is 1. The van der Waals surface area contributed by atoms with Gasteiger partial charge in [0.15, 0.2) is 5.11 Å². The lowest BCUT2D eigenvalue weighted by Crippen LogP contribution is -2.44. The minimum absolute atomic E-state index is 0.00555. The molecule has 0 radical (unpaired) electrons. The van der Waals surface area contributed by atoms with E-state index in [0.717, 1.165) is 11.6 Å². The summed E-state index contributed by atoms with van der Waals surface area (Å²) in [6, 6.07) is 9.25. The van der Waals surface area contributed by atoms with Gasteiger partial charge in [-0.05, 0) is 43.4 Å². The quantitative estimate of drug-likeness (QED) is 0.483. The van der Waals surface area contributed by atoms with Gasteiger partial charge in [0.25, 0.3) is 5.91 Å². The first-order valence-electron chi connectivity index (χ1n) is 7.01. The highest BCUT2D eigenvalue weighted by molar-refractivity contribution is 7.80. The first kappa shape index (κ1) is 18.5. The van der Waals surface area contributed by atoms with Gasteiger partial charge in [0.1, 0.15) is 5.75 Å². The Kier molecular flexibility index (Phi) is 5.48. The topological polar surface area (TPSA) is 73.4 Å². The highest BCUT2D eigenvalue weighted by atomic mass is 32.1. The molecule has 0 heterocycles. The summed E-state index contributed by atoms with van der Waals surface area (Å²) < 4.78 is 38.7. The molecule has 25 heavy (non-hydrogen) atoms. The van der Waals surface area contributed by atoms with Gasteiger partial charge in [0, 0.05) is 0 Å². The lowest BCUT2D eigenvalue weighted by Gasteiger charge is -2.16. The second-order valence-corrected chi connectivity index (χ2v) is 5.51. The third-order valence-electron chi connectivity index (χ3n) is 3.17. The monoisotopic (exact) mass is 369 g/mol. The number of rotatable bonds is 2. The second kappa shape index (κ2) is 7.39. The number of anilines is 1. The van der Waals surface area contributed by atoms with Gasteiger partial charge < -0.3 is 10.4 Å². The number of aromatic hydroxyl groups is 1. The maximum Gasteiger partial charge on any atom is 0.418 e. The Labute approximate surface area is 146 Å². The molecule has 2 aromatic carbocycles. The SMILES string of the molecule is Cc1ccc(O)c(C(=O)NNC(=S)Nc2ccccc2C(F)(F)F)c1. The third-order valence-corrected chi connectivity index (χ3v) is 3.37. The zero-order valence-corrected chi connectivity index (χ0v) is 13.8. The minimum atomic E-state index is -4.55. The highest BCUT2D eigenvalue weighted by Crippen LogP contribution is 2.34. The fourth-order valence-corrected chi connectivity index (χ4v) is 2.17. The number of phenolic OH excluding ortho intramolecular Hbond substituents is 1. The molecule has 0 aliphatic heterocycles. The number of hydrogen-bond donors (Lipinski definition) is 4. The Bertz CT molecular complexity index is 809. The van der Waals surface area contributed by atoms with Crippen LogP contribution in [0, 0.1) is 6.92 Å². The van der Waals surface area contributed by atoms with Crippen molar-refractivity contribution in [1.82, 2.24) is 10.9 Å². The summed E-state index contributed by atoms with van der Waals surface area (Å²) in [7, 11) is 0. The molecule has 0 aliphatic carbocycles. The molecule has 9 heteroatoms. The zero-order valence-electron chi connectivity index (χ0n) is 12.9. The summed E-state index contributed by atoms with van der Waals surface area (Å²) in [5, 5.41) is 11.8. The van der Waals surface area contributed by atoms with Crippen LogP contribution in [-0.2, 0) is 6.18 Å². The molecular weight excluding hydrogens is 355 g/mol. The van der Waals surface area contributed by atoms with Crippen molar-refractivity contribution in [3.63, 3.8) is 0 Å². The number of aryl methyl sites for hydroxylation is 1. The van der Waals surface area contributed by atoms with E-state index >= 15 is 0 Å². The largest absolute Gasteiger partial charge is 0.507 e. The number of phenols is 1. The Morgan fingerprint density at radius 3 is 2.48 bits per heavy atom. The van der Waals surface area contributed by atoms with E-state index in [9.17, 15) is 23.1 Å². The van der Waals surface area contributed by atoms with Crippen LogP contribution >= 0.6 is 12.2 Å². The predicted octanol–water partition coefficient (Wildman–Crippen LogP) is 3.35. The summed E-state index contributed by atoms with van der Waals surface area (Å²) >= 11 is 4.88. The van der Waals surface area contributed by atoms with E-state index in [0.29, 0.717) is 0 Å². The molecule has 0 fully saturated rings. The van der Waals surface area contributed by atoms with Crippen molar-refractivity contribution in [2.24, 2.45) is 0 Å². The van der Waals surface area contributed by atoms with Crippen LogP contribution in [0.2, 0.25) is 0 Å². The molecule has 0 spiro atoms. The van der Waals surface area contributed by atoms with E-state index in [1.165, 1.54) is 30.3 Å². The minimum Gasteiger partial charge on any atom is -0.507 e. The van der Waals surface area contributed by atoms with E-state index in [1.807, 2.05) is 0 Å². The molecule has 2 rings (SSSR count). The summed E-state index contributed by atoms with van der Waals surface area (Å²) in [6.07, 6.45) is -4.55. The maximum atomic E-state index is 12.9. The van der Waals surface area contributed by atoms with Crippen molar-refractivity contribution in [2.75, 3.05) is 5.32 Å². The van der Waals surface area contributed by atoms with E-state index in [1.54, 1.807) is 13.0 Å². The van der Waals surface area contributed by atoms with Gasteiger partial charge in [-0.15, -0.1) is 0 Å². The molecule has 0 aromatic heterocycles. The average molecular weight is 369 g/mol. The predicted molar refractivity (Wildman–Crippen MR) is 91.1 cm³/mol. The summed E-state index contributed by atoms with van der Waals surface area (Å²) in [4.78, 5) is 12.0. The molecule has 0 atom stereocenters. The van der Waals surface area contributed by atoms with Crippen LogP contribution in [0.3, 0.4) is 0 Å². The first-order valence-corrected chi connectivity index (χ1v) is 7.42. The van der Waals surface area contributed by atoms with Crippen LogP contribution in [0.5, 0.6) is 5.75 Å². The van der Waals surface area contributed by atoms with Gasteiger partial charge in [0.2, 0.25) is 0 Å². The number of alkyl halides is 3. The Hall–Kier alpha value is -2.81. The lowest BCUT2D eigenvalue weighted by molar-refractivity contribution is -0.136. The molecular formula is C16H14F3N3O2S. The number of nitrogens with one attached hydrogen (secondary N) is 3. The summed E-state index contributed by atoms with van der Waals surface area (Å²) in [5.41, 5.74) is 4.13. The fraction of sp³-hybridized carbons (Fsp3) is 0.125. The van der Waals surface area contributed by atoms with Crippen molar-refractivity contribution in [1.29, 1.82) is 0 Å². The van der Waals surface area contributed by atoms with E-state index in [4.69, 9.17) is 12.2 Å². The molecule has 0 saturated carbocycles. The van der Waals surface area contributed by atoms with Crippen LogP contribution in [0.25, 0.3) is 0 Å². The number of hydrazine groups is 1. The van der Waals surface area contributed by atoms with Crippen LogP contribution in [0.4, 0.5) is 18.9 Å². The van der Waals surface area contributed by atoms with Gasteiger partial charge in [-0.1, -0.05) is 23.8 Å². The number of halogens is 3. The first-order chi connectivity index (χ1) is 11.7. The van der Waals surface area contributed by atoms with Gasteiger partial charge in [-0.3, -0.25) is 15.6 Å². The number of para-hydroxylation sites is 1. The fourth-order valence-electron chi connectivity index (χ4n) is 2.01. The Morgan fingerprint density at radius 2 is 1.80 bits per heavy atom. The maximum absolute atomic E-state index is 12.9. The van der Waals surface area contributed by atoms with Crippen LogP contribution in [-0.4, -0.2) is 16.1 Å². The van der Waals surface area contributed by atoms with Crippen molar-refractivity contribution < 1.29 is 23.1 Å². The van der Waals surface area contributed by atoms with Gasteiger partial charge in [-0.2, -0.15) is 13.2 Å². The lowest BCUT2D eigenvalue weighted by atomic mass is 10.1. The molecule has 1 amide bonds. The van der Waals surface area contributed by atoms with Gasteiger partial charge in [-0.25, -0.2) is 0 Å². The van der Waals surface area contributed by atoms with Crippen molar-refractivity contribution >= 4 is 28.9 Å². The number of carbonyl (C=O) groups is 1. The van der Waals surface area contributed by atoms with Crippen molar-refractivity contribution in [2.45, 2.75) is 13.1 Å². The zero-order chi connectivity index (χ0) is 18.6. The Balaban J connectivity index is 2.02. The number of carbonyl (C=O) groups excluding carboxylic acids is 1. The number of benzene rings is 2. The summed E-state index contributed by atoms with van der Waals surface area (Å²) in [5.74, 6) is -0.916. The molecule has 132 valence electrons. The average Bonchev–Trinajstić information content (AvgIpc) is 2.54. The van der Waals surface area contributed by atoms with Crippen LogP contribution in [0.1, 0.15) is 21.5 Å². The van der Waals surface area contributed by atoms with Crippen molar-refractivity contribution in [3.05, 3.63) is 59.2 Å². The van der Waals surface area contributed by atoms with Gasteiger partial charge in [0.05, 0.1) is 16.8 Å². The molecule has 0 saturated heterocycles. The summed E-state index contributed by atoms with van der Waals surface area (Å²) in [6.45, 7) is 1.74. The van der Waals surface area contributed by atoms with Crippen LogP contribution < -0.4 is 16.2 Å². The number of hydrogen-bond acceptors (Lipinski definition) is 3. The third kappa shape index (κ3) is 4.83. The number of thiocarbonyl (C=S) groups is 1. The van der Waals surface area contributed by atoms with Crippen molar-refractivity contribution in [3.8, 4) is 5.75 Å². The molecule has 0 bridgehead atoms. The van der Waals surface area contributed by atoms with Crippen LogP contribution in [0.15, 0.2) is 42.5 Å². The smallest absolute Gasteiger partial charge is 0.418 e. The van der Waals surface area contributed by atoms with E-state index < -0.39 is 17.6 Å². The molecule has 0 aliphatic rings. The second-order valence-electron chi connectivity index (χ2n) is 5.10. The van der Waals surface area contributed by atoms with Gasteiger partial charge >= 0.3 is 6.18 Å². The Morgan fingerprint density at radius 1 is 1.12 bits per heavy atom. The molecule has 0 unspecified atom stereocenters. The van der Waals surface area contributed by atoms with E-state index in [2.05, 4.69) is 16.2 Å². The normalized spacial score (nSPS) is 10.9.